The summed E-state index contributed by atoms with van der Waals surface area (Å²) in [5.74, 6) is -0.142. The van der Waals surface area contributed by atoms with Gasteiger partial charge in [0.25, 0.3) is 0 Å². The number of halogens is 1. The smallest absolute Gasteiger partial charge is 0.228 e. The standard InChI is InChI=1S/C14H21N3O3.ClH/c1-10(9-16-2)14(19)17-11-5-3-4-6-12(11)20-8-7-13(15)18;/h3-6,10,16H,7-9H2,1-2H3,(H2,15,18)(H,17,19);1H. The van der Waals surface area contributed by atoms with E-state index in [0.29, 0.717) is 18.0 Å². The van der Waals surface area contributed by atoms with Gasteiger partial charge in [-0.2, -0.15) is 0 Å². The molecule has 7 heteroatoms. The van der Waals surface area contributed by atoms with Gasteiger partial charge in [0.05, 0.1) is 18.7 Å². The summed E-state index contributed by atoms with van der Waals surface area (Å²) in [5, 5.41) is 5.77. The number of hydrogen-bond donors (Lipinski definition) is 3. The summed E-state index contributed by atoms with van der Waals surface area (Å²) in [6, 6.07) is 7.09. The highest BCUT2D eigenvalue weighted by atomic mass is 35.5. The van der Waals surface area contributed by atoms with Crippen LogP contribution < -0.4 is 21.1 Å². The molecule has 1 aromatic rings. The summed E-state index contributed by atoms with van der Waals surface area (Å²) in [6.07, 6.45) is 0.137. The van der Waals surface area contributed by atoms with Crippen LogP contribution in [0.3, 0.4) is 0 Å². The molecule has 0 spiro atoms. The third kappa shape index (κ3) is 6.97. The van der Waals surface area contributed by atoms with Crippen LogP contribution in [0, 0.1) is 5.92 Å². The highest BCUT2D eigenvalue weighted by Crippen LogP contribution is 2.24. The molecule has 0 aliphatic carbocycles. The predicted molar refractivity (Wildman–Crippen MR) is 84.7 cm³/mol. The van der Waals surface area contributed by atoms with Crippen LogP contribution in [0.2, 0.25) is 0 Å². The van der Waals surface area contributed by atoms with E-state index in [9.17, 15) is 9.59 Å². The molecule has 1 unspecified atom stereocenters. The van der Waals surface area contributed by atoms with Crippen molar-refractivity contribution >= 4 is 29.9 Å². The van der Waals surface area contributed by atoms with Crippen LogP contribution in [0.25, 0.3) is 0 Å². The molecule has 1 atom stereocenters. The van der Waals surface area contributed by atoms with Crippen molar-refractivity contribution in [2.75, 3.05) is 25.5 Å². The first-order chi connectivity index (χ1) is 9.54. The highest BCUT2D eigenvalue weighted by Gasteiger charge is 2.14. The number of anilines is 1. The highest BCUT2D eigenvalue weighted by molar-refractivity contribution is 5.93. The SMILES string of the molecule is CNCC(C)C(=O)Nc1ccccc1OCCC(N)=O.Cl. The second-order valence-corrected chi connectivity index (χ2v) is 4.51. The number of rotatable bonds is 8. The van der Waals surface area contributed by atoms with Crippen molar-refractivity contribution in [3.63, 3.8) is 0 Å². The third-order valence-electron chi connectivity index (χ3n) is 2.71. The lowest BCUT2D eigenvalue weighted by Crippen LogP contribution is -2.28. The summed E-state index contributed by atoms with van der Waals surface area (Å²) in [4.78, 5) is 22.6. The molecular weight excluding hydrogens is 294 g/mol. The lowest BCUT2D eigenvalue weighted by atomic mass is 10.1. The Morgan fingerprint density at radius 3 is 2.62 bits per heavy atom. The Kier molecular flexibility index (Phi) is 9.16. The summed E-state index contributed by atoms with van der Waals surface area (Å²) >= 11 is 0. The molecule has 0 fully saturated rings. The fourth-order valence-electron chi connectivity index (χ4n) is 1.61. The van der Waals surface area contributed by atoms with Crippen molar-refractivity contribution in [3.8, 4) is 5.75 Å². The van der Waals surface area contributed by atoms with Gasteiger partial charge in [0.15, 0.2) is 0 Å². The fraction of sp³-hybridized carbons (Fsp3) is 0.429. The fourth-order valence-corrected chi connectivity index (χ4v) is 1.61. The normalized spacial score (nSPS) is 11.1. The van der Waals surface area contributed by atoms with E-state index in [1.807, 2.05) is 6.92 Å². The van der Waals surface area contributed by atoms with E-state index in [2.05, 4.69) is 10.6 Å². The van der Waals surface area contributed by atoms with Crippen LogP contribution in [0.5, 0.6) is 5.75 Å². The van der Waals surface area contributed by atoms with Crippen molar-refractivity contribution in [3.05, 3.63) is 24.3 Å². The van der Waals surface area contributed by atoms with Crippen LogP contribution in [-0.4, -0.2) is 32.0 Å². The number of nitrogens with two attached hydrogens (primary N) is 1. The van der Waals surface area contributed by atoms with E-state index >= 15 is 0 Å². The number of ether oxygens (including phenoxy) is 1. The molecule has 6 nitrogen and oxygen atoms in total. The van der Waals surface area contributed by atoms with Crippen molar-refractivity contribution < 1.29 is 14.3 Å². The van der Waals surface area contributed by atoms with Gasteiger partial charge in [-0.25, -0.2) is 0 Å². The zero-order chi connectivity index (χ0) is 15.0. The molecule has 0 saturated carbocycles. The number of benzene rings is 1. The van der Waals surface area contributed by atoms with Crippen LogP contribution in [-0.2, 0) is 9.59 Å². The van der Waals surface area contributed by atoms with E-state index in [0.717, 1.165) is 0 Å². The van der Waals surface area contributed by atoms with Gasteiger partial charge in [0.1, 0.15) is 5.75 Å². The molecule has 0 bridgehead atoms. The van der Waals surface area contributed by atoms with Crippen LogP contribution in [0.4, 0.5) is 5.69 Å². The van der Waals surface area contributed by atoms with E-state index < -0.39 is 5.91 Å². The molecule has 0 heterocycles. The molecule has 4 N–H and O–H groups in total. The maximum atomic E-state index is 12.0. The molecule has 0 aromatic heterocycles. The Labute approximate surface area is 130 Å². The Balaban J connectivity index is 0.00000400. The second-order valence-electron chi connectivity index (χ2n) is 4.51. The molecule has 2 amide bonds. The van der Waals surface area contributed by atoms with Crippen molar-refractivity contribution in [2.24, 2.45) is 11.7 Å². The van der Waals surface area contributed by atoms with Crippen molar-refractivity contribution in [2.45, 2.75) is 13.3 Å². The molecule has 0 aliphatic rings. The first-order valence-electron chi connectivity index (χ1n) is 6.50. The van der Waals surface area contributed by atoms with Gasteiger partial charge in [0, 0.05) is 12.5 Å². The number of carbonyl (C=O) groups excluding carboxylic acids is 2. The maximum Gasteiger partial charge on any atom is 0.228 e. The van der Waals surface area contributed by atoms with Gasteiger partial charge in [-0.3, -0.25) is 9.59 Å². The minimum Gasteiger partial charge on any atom is -0.491 e. The van der Waals surface area contributed by atoms with E-state index in [1.54, 1.807) is 31.3 Å². The maximum absolute atomic E-state index is 12.0. The molecular formula is C14H22ClN3O3. The number of hydrogen-bond acceptors (Lipinski definition) is 4. The Morgan fingerprint density at radius 2 is 2.00 bits per heavy atom. The molecule has 1 rings (SSSR count). The van der Waals surface area contributed by atoms with E-state index in [4.69, 9.17) is 10.5 Å². The van der Waals surface area contributed by atoms with E-state index in [1.165, 1.54) is 0 Å². The van der Waals surface area contributed by atoms with Gasteiger partial charge < -0.3 is 21.1 Å². The quantitative estimate of drug-likeness (QED) is 0.671. The van der Waals surface area contributed by atoms with Crippen molar-refractivity contribution in [1.29, 1.82) is 0 Å². The average molecular weight is 316 g/mol. The lowest BCUT2D eigenvalue weighted by Gasteiger charge is -2.15. The topological polar surface area (TPSA) is 93.4 Å². The summed E-state index contributed by atoms with van der Waals surface area (Å²) < 4.78 is 5.46. The second kappa shape index (κ2) is 10.0. The minimum atomic E-state index is -0.422. The Bertz CT molecular complexity index is 469. The molecule has 21 heavy (non-hydrogen) atoms. The first kappa shape index (κ1) is 19.2. The number of para-hydroxylation sites is 2. The third-order valence-corrected chi connectivity index (χ3v) is 2.71. The van der Waals surface area contributed by atoms with Crippen LogP contribution >= 0.6 is 12.4 Å². The van der Waals surface area contributed by atoms with Crippen LogP contribution in [0.15, 0.2) is 24.3 Å². The predicted octanol–water partition coefficient (Wildman–Crippen LogP) is 1.16. The Hall–Kier alpha value is -1.79. The van der Waals surface area contributed by atoms with Gasteiger partial charge in [-0.15, -0.1) is 12.4 Å². The largest absolute Gasteiger partial charge is 0.491 e. The lowest BCUT2D eigenvalue weighted by molar-refractivity contribution is -0.119. The summed E-state index contributed by atoms with van der Waals surface area (Å²) in [5.41, 5.74) is 5.64. The average Bonchev–Trinajstić information content (AvgIpc) is 2.40. The number of nitrogens with one attached hydrogen (secondary N) is 2. The van der Waals surface area contributed by atoms with Crippen molar-refractivity contribution in [1.82, 2.24) is 5.32 Å². The van der Waals surface area contributed by atoms with Gasteiger partial charge in [-0.05, 0) is 19.2 Å². The number of amides is 2. The number of primary amides is 1. The van der Waals surface area contributed by atoms with Crippen LogP contribution in [0.1, 0.15) is 13.3 Å². The van der Waals surface area contributed by atoms with Gasteiger partial charge >= 0.3 is 0 Å². The molecule has 0 radical (unpaired) electrons. The van der Waals surface area contributed by atoms with Gasteiger partial charge in [-0.1, -0.05) is 19.1 Å². The molecule has 0 aliphatic heterocycles. The Morgan fingerprint density at radius 1 is 1.33 bits per heavy atom. The monoisotopic (exact) mass is 315 g/mol. The summed E-state index contributed by atoms with van der Waals surface area (Å²) in [6.45, 7) is 2.62. The van der Waals surface area contributed by atoms with Gasteiger partial charge in [0.2, 0.25) is 11.8 Å². The first-order valence-corrected chi connectivity index (χ1v) is 6.50. The zero-order valence-corrected chi connectivity index (χ0v) is 13.0. The summed E-state index contributed by atoms with van der Waals surface area (Å²) in [7, 11) is 1.80. The molecule has 118 valence electrons. The zero-order valence-electron chi connectivity index (χ0n) is 12.2. The number of carbonyl (C=O) groups is 2. The molecule has 1 aromatic carbocycles. The van der Waals surface area contributed by atoms with E-state index in [-0.39, 0.29) is 37.3 Å². The minimum absolute atomic E-state index is 0. The molecule has 0 saturated heterocycles.